The van der Waals surface area contributed by atoms with Crippen LogP contribution in [0.5, 0.6) is 0 Å². The molecule has 0 saturated carbocycles. The molecule has 84 valence electrons. The van der Waals surface area contributed by atoms with Gasteiger partial charge in [-0.3, -0.25) is 0 Å². The van der Waals surface area contributed by atoms with E-state index in [0.29, 0.717) is 17.8 Å². The summed E-state index contributed by atoms with van der Waals surface area (Å²) in [6.45, 7) is 8.74. The molecule has 2 N–H and O–H groups in total. The number of nitrogens with zero attached hydrogens (tertiary/aromatic N) is 3. The molecule has 0 aliphatic heterocycles. The van der Waals surface area contributed by atoms with Gasteiger partial charge >= 0.3 is 0 Å². The van der Waals surface area contributed by atoms with Crippen molar-refractivity contribution in [3.05, 3.63) is 12.3 Å². The van der Waals surface area contributed by atoms with Gasteiger partial charge in [0, 0.05) is 19.3 Å². The number of anilines is 2. The van der Waals surface area contributed by atoms with E-state index in [9.17, 15) is 0 Å². The number of nitrogens with two attached hydrogens (primary N) is 1. The fraction of sp³-hybridized carbons (Fsp3) is 0.636. The highest BCUT2D eigenvalue weighted by molar-refractivity contribution is 5.38. The fourth-order valence-electron chi connectivity index (χ4n) is 1.29. The summed E-state index contributed by atoms with van der Waals surface area (Å²) in [7, 11) is 1.99. The van der Waals surface area contributed by atoms with E-state index in [-0.39, 0.29) is 5.41 Å². The Kier molecular flexibility index (Phi) is 3.17. The number of aromatic nitrogens is 2. The molecule has 0 radical (unpaired) electrons. The number of hydrogen-bond acceptors (Lipinski definition) is 4. The van der Waals surface area contributed by atoms with Gasteiger partial charge in [0.2, 0.25) is 5.95 Å². The van der Waals surface area contributed by atoms with Gasteiger partial charge in [0.1, 0.15) is 5.82 Å². The highest BCUT2D eigenvalue weighted by Gasteiger charge is 2.25. The maximum atomic E-state index is 5.63. The summed E-state index contributed by atoms with van der Waals surface area (Å²) in [5.74, 6) is 1.19. The second-order valence-electron chi connectivity index (χ2n) is 4.93. The lowest BCUT2D eigenvalue weighted by Crippen LogP contribution is -2.40. The molecule has 1 heterocycles. The SMILES string of the molecule is CC(N(C)c1nccc(N)n1)C(C)(C)C. The van der Waals surface area contributed by atoms with Crippen LogP contribution >= 0.6 is 0 Å². The smallest absolute Gasteiger partial charge is 0.227 e. The lowest BCUT2D eigenvalue weighted by Gasteiger charge is -2.35. The van der Waals surface area contributed by atoms with Crippen LogP contribution in [0.2, 0.25) is 0 Å². The Balaban J connectivity index is 2.90. The van der Waals surface area contributed by atoms with Crippen molar-refractivity contribution in [1.82, 2.24) is 9.97 Å². The molecule has 1 aromatic rings. The molecule has 1 unspecified atom stereocenters. The number of hydrogen-bond donors (Lipinski definition) is 1. The van der Waals surface area contributed by atoms with Crippen molar-refractivity contribution in [2.45, 2.75) is 33.7 Å². The predicted octanol–water partition coefficient (Wildman–Crippen LogP) is 1.93. The van der Waals surface area contributed by atoms with Crippen molar-refractivity contribution in [1.29, 1.82) is 0 Å². The molecule has 0 bridgehead atoms. The normalized spacial score (nSPS) is 13.7. The van der Waals surface area contributed by atoms with Crippen molar-refractivity contribution < 1.29 is 0 Å². The molecule has 0 aromatic carbocycles. The van der Waals surface area contributed by atoms with Crippen LogP contribution in [0, 0.1) is 5.41 Å². The quantitative estimate of drug-likeness (QED) is 0.807. The molecule has 15 heavy (non-hydrogen) atoms. The summed E-state index contributed by atoms with van der Waals surface area (Å²) in [6.07, 6.45) is 1.68. The number of nitrogen functional groups attached to an aromatic ring is 1. The van der Waals surface area contributed by atoms with E-state index in [1.807, 2.05) is 7.05 Å². The average Bonchev–Trinajstić information content (AvgIpc) is 2.14. The van der Waals surface area contributed by atoms with Gasteiger partial charge in [0.05, 0.1) is 0 Å². The minimum atomic E-state index is 0.183. The van der Waals surface area contributed by atoms with Crippen LogP contribution < -0.4 is 10.6 Å². The molecule has 0 aliphatic rings. The van der Waals surface area contributed by atoms with Gasteiger partial charge in [-0.25, -0.2) is 4.98 Å². The van der Waals surface area contributed by atoms with E-state index < -0.39 is 0 Å². The summed E-state index contributed by atoms with van der Waals surface area (Å²) >= 11 is 0. The molecule has 1 atom stereocenters. The first-order valence-electron chi connectivity index (χ1n) is 5.13. The standard InChI is InChI=1S/C11H20N4/c1-8(11(2,3)4)15(5)10-13-7-6-9(12)14-10/h6-8H,1-5H3,(H2,12,13,14). The zero-order valence-corrected chi connectivity index (χ0v) is 10.2. The van der Waals surface area contributed by atoms with Crippen LogP contribution in [0.1, 0.15) is 27.7 Å². The Morgan fingerprint density at radius 3 is 2.47 bits per heavy atom. The Morgan fingerprint density at radius 1 is 1.40 bits per heavy atom. The minimum Gasteiger partial charge on any atom is -0.384 e. The van der Waals surface area contributed by atoms with Crippen molar-refractivity contribution in [2.24, 2.45) is 5.41 Å². The Bertz CT molecular complexity index is 330. The fourth-order valence-corrected chi connectivity index (χ4v) is 1.29. The zero-order chi connectivity index (χ0) is 11.6. The van der Waals surface area contributed by atoms with E-state index in [4.69, 9.17) is 5.73 Å². The van der Waals surface area contributed by atoms with Crippen LogP contribution in [0.15, 0.2) is 12.3 Å². The van der Waals surface area contributed by atoms with Crippen LogP contribution in [-0.4, -0.2) is 23.1 Å². The summed E-state index contributed by atoms with van der Waals surface area (Å²) in [6, 6.07) is 2.04. The third kappa shape index (κ3) is 2.81. The molecule has 0 saturated heterocycles. The van der Waals surface area contributed by atoms with Crippen LogP contribution in [0.25, 0.3) is 0 Å². The molecule has 0 amide bonds. The van der Waals surface area contributed by atoms with E-state index in [2.05, 4.69) is 42.6 Å². The van der Waals surface area contributed by atoms with E-state index in [1.54, 1.807) is 12.3 Å². The van der Waals surface area contributed by atoms with Gasteiger partial charge in [-0.2, -0.15) is 4.98 Å². The van der Waals surface area contributed by atoms with Gasteiger partial charge in [-0.1, -0.05) is 20.8 Å². The Labute approximate surface area is 91.5 Å². The van der Waals surface area contributed by atoms with Crippen LogP contribution in [0.4, 0.5) is 11.8 Å². The second-order valence-corrected chi connectivity index (χ2v) is 4.93. The lowest BCUT2D eigenvalue weighted by atomic mass is 9.87. The molecule has 1 aromatic heterocycles. The molecule has 1 rings (SSSR count). The second kappa shape index (κ2) is 4.04. The van der Waals surface area contributed by atoms with E-state index >= 15 is 0 Å². The molecular weight excluding hydrogens is 188 g/mol. The first kappa shape index (κ1) is 11.8. The average molecular weight is 208 g/mol. The summed E-state index contributed by atoms with van der Waals surface area (Å²) in [5.41, 5.74) is 5.81. The van der Waals surface area contributed by atoms with Crippen LogP contribution in [0.3, 0.4) is 0 Å². The van der Waals surface area contributed by atoms with Crippen molar-refractivity contribution in [3.8, 4) is 0 Å². The summed E-state index contributed by atoms with van der Waals surface area (Å²) < 4.78 is 0. The monoisotopic (exact) mass is 208 g/mol. The molecular formula is C11H20N4. The Morgan fingerprint density at radius 2 is 2.00 bits per heavy atom. The summed E-state index contributed by atoms with van der Waals surface area (Å²) in [5, 5.41) is 0. The van der Waals surface area contributed by atoms with Crippen LogP contribution in [-0.2, 0) is 0 Å². The molecule has 0 fully saturated rings. The topological polar surface area (TPSA) is 55.0 Å². The van der Waals surface area contributed by atoms with Gasteiger partial charge in [-0.15, -0.1) is 0 Å². The minimum absolute atomic E-state index is 0.183. The molecule has 4 nitrogen and oxygen atoms in total. The first-order chi connectivity index (χ1) is 6.82. The molecule has 0 spiro atoms. The highest BCUT2D eigenvalue weighted by atomic mass is 15.3. The Hall–Kier alpha value is -1.32. The third-order valence-corrected chi connectivity index (χ3v) is 2.81. The van der Waals surface area contributed by atoms with Gasteiger partial charge < -0.3 is 10.6 Å². The largest absolute Gasteiger partial charge is 0.384 e. The third-order valence-electron chi connectivity index (χ3n) is 2.81. The zero-order valence-electron chi connectivity index (χ0n) is 10.2. The van der Waals surface area contributed by atoms with E-state index in [0.717, 1.165) is 0 Å². The maximum absolute atomic E-state index is 5.63. The lowest BCUT2D eigenvalue weighted by molar-refractivity contribution is 0.327. The van der Waals surface area contributed by atoms with E-state index in [1.165, 1.54) is 0 Å². The molecule has 0 aliphatic carbocycles. The highest BCUT2D eigenvalue weighted by Crippen LogP contribution is 2.25. The predicted molar refractivity (Wildman–Crippen MR) is 63.8 cm³/mol. The van der Waals surface area contributed by atoms with Crippen molar-refractivity contribution >= 4 is 11.8 Å². The van der Waals surface area contributed by atoms with Crippen molar-refractivity contribution in [3.63, 3.8) is 0 Å². The number of rotatable bonds is 2. The maximum Gasteiger partial charge on any atom is 0.227 e. The molecule has 4 heteroatoms. The first-order valence-corrected chi connectivity index (χ1v) is 5.13. The van der Waals surface area contributed by atoms with Crippen molar-refractivity contribution in [2.75, 3.05) is 17.7 Å². The van der Waals surface area contributed by atoms with Gasteiger partial charge in [0.25, 0.3) is 0 Å². The summed E-state index contributed by atoms with van der Waals surface area (Å²) in [4.78, 5) is 10.5. The van der Waals surface area contributed by atoms with Gasteiger partial charge in [0.15, 0.2) is 0 Å². The van der Waals surface area contributed by atoms with Gasteiger partial charge in [-0.05, 0) is 18.4 Å².